The number of nitrogens with zero attached hydrogens (tertiary/aromatic N) is 3. The minimum atomic E-state index is 0.0769. The second kappa shape index (κ2) is 6.32. The van der Waals surface area contributed by atoms with E-state index < -0.39 is 0 Å². The van der Waals surface area contributed by atoms with Crippen LogP contribution in [0.5, 0.6) is 0 Å². The van der Waals surface area contributed by atoms with Crippen LogP contribution in [0.25, 0.3) is 5.57 Å². The second-order valence-electron chi connectivity index (χ2n) is 6.55. The molecule has 2 aliphatic heterocycles. The van der Waals surface area contributed by atoms with E-state index >= 15 is 0 Å². The lowest BCUT2D eigenvalue weighted by atomic mass is 9.81. The number of anilines is 1. The highest BCUT2D eigenvalue weighted by molar-refractivity contribution is 5.93. The minimum absolute atomic E-state index is 0.0769. The molecule has 3 rings (SSSR count). The second-order valence-corrected chi connectivity index (χ2v) is 6.55. The summed E-state index contributed by atoms with van der Waals surface area (Å²) in [6, 6.07) is 4.21. The number of aromatic nitrogens is 1. The number of carbonyl (C=O) groups is 1. The number of nitrogens with one attached hydrogen (secondary N) is 1. The first-order valence-electron chi connectivity index (χ1n) is 8.55. The van der Waals surface area contributed by atoms with Crippen molar-refractivity contribution in [3.8, 4) is 0 Å². The largest absolute Gasteiger partial charge is 0.349 e. The Morgan fingerprint density at radius 2 is 2.13 bits per heavy atom. The molecule has 1 aromatic heterocycles. The van der Waals surface area contributed by atoms with Gasteiger partial charge in [-0.25, -0.2) is 9.99 Å². The van der Waals surface area contributed by atoms with Gasteiger partial charge in [-0.2, -0.15) is 0 Å². The Kier molecular flexibility index (Phi) is 4.39. The van der Waals surface area contributed by atoms with Crippen LogP contribution in [0.4, 0.5) is 5.82 Å². The van der Waals surface area contributed by atoms with Crippen LogP contribution in [-0.2, 0) is 4.79 Å². The molecule has 0 bridgehead atoms. The third-order valence-corrected chi connectivity index (χ3v) is 4.78. The van der Waals surface area contributed by atoms with Crippen LogP contribution in [0, 0.1) is 5.92 Å². The van der Waals surface area contributed by atoms with Gasteiger partial charge in [-0.15, -0.1) is 0 Å². The van der Waals surface area contributed by atoms with Crippen LogP contribution in [0.3, 0.4) is 0 Å². The maximum Gasteiger partial charge on any atom is 0.224 e. The summed E-state index contributed by atoms with van der Waals surface area (Å²) < 4.78 is 0. The molecule has 0 radical (unpaired) electrons. The molecule has 5 nitrogen and oxygen atoms in total. The highest BCUT2D eigenvalue weighted by Gasteiger charge is 2.37. The number of rotatable bonds is 4. The Morgan fingerprint density at radius 3 is 2.78 bits per heavy atom. The zero-order valence-electron chi connectivity index (χ0n) is 14.5. The molecule has 0 spiro atoms. The summed E-state index contributed by atoms with van der Waals surface area (Å²) in [5.74, 6) is 1.50. The van der Waals surface area contributed by atoms with Crippen molar-refractivity contribution in [2.24, 2.45) is 5.92 Å². The maximum atomic E-state index is 12.2. The van der Waals surface area contributed by atoms with E-state index in [0.29, 0.717) is 12.3 Å². The van der Waals surface area contributed by atoms with Gasteiger partial charge < -0.3 is 5.32 Å². The van der Waals surface area contributed by atoms with Crippen molar-refractivity contribution in [1.29, 1.82) is 0 Å². The van der Waals surface area contributed by atoms with Crippen LogP contribution < -0.4 is 10.3 Å². The molecular formula is C18H26N4O. The van der Waals surface area contributed by atoms with E-state index in [1.165, 1.54) is 16.7 Å². The summed E-state index contributed by atoms with van der Waals surface area (Å²) >= 11 is 0. The fourth-order valence-corrected chi connectivity index (χ4v) is 3.67. The van der Waals surface area contributed by atoms with Crippen LogP contribution in [0.2, 0.25) is 0 Å². The lowest BCUT2D eigenvalue weighted by Gasteiger charge is -2.43. The zero-order valence-corrected chi connectivity index (χ0v) is 14.5. The summed E-state index contributed by atoms with van der Waals surface area (Å²) in [4.78, 5) is 16.8. The number of amides is 1. The highest BCUT2D eigenvalue weighted by atomic mass is 16.1. The monoisotopic (exact) mass is 314 g/mol. The van der Waals surface area contributed by atoms with E-state index in [2.05, 4.69) is 54.1 Å². The predicted octanol–water partition coefficient (Wildman–Crippen LogP) is 2.46. The van der Waals surface area contributed by atoms with Crippen LogP contribution in [-0.4, -0.2) is 41.6 Å². The lowest BCUT2D eigenvalue weighted by molar-refractivity contribution is -0.121. The quantitative estimate of drug-likeness (QED) is 0.927. The maximum absolute atomic E-state index is 12.2. The van der Waals surface area contributed by atoms with Crippen molar-refractivity contribution in [2.75, 3.05) is 24.6 Å². The van der Waals surface area contributed by atoms with Crippen molar-refractivity contribution in [3.05, 3.63) is 29.5 Å². The van der Waals surface area contributed by atoms with E-state index in [-0.39, 0.29) is 11.9 Å². The molecule has 0 aromatic carbocycles. The number of carbonyl (C=O) groups excluding carboxylic acids is 1. The molecule has 1 amide bonds. The van der Waals surface area contributed by atoms with Crippen molar-refractivity contribution in [1.82, 2.24) is 15.3 Å². The van der Waals surface area contributed by atoms with Gasteiger partial charge in [0, 0.05) is 24.8 Å². The van der Waals surface area contributed by atoms with Gasteiger partial charge in [-0.1, -0.05) is 27.7 Å². The fraction of sp³-hybridized carbons (Fsp3) is 0.556. The topological polar surface area (TPSA) is 48.5 Å². The number of fused-ring (bicyclic) bond motifs is 2. The van der Waals surface area contributed by atoms with Crippen molar-refractivity contribution < 1.29 is 4.79 Å². The molecule has 0 saturated carbocycles. The third-order valence-electron chi connectivity index (χ3n) is 4.78. The van der Waals surface area contributed by atoms with Crippen molar-refractivity contribution in [3.63, 3.8) is 0 Å². The van der Waals surface area contributed by atoms with Gasteiger partial charge >= 0.3 is 0 Å². The number of hydrazine groups is 1. The first-order valence-corrected chi connectivity index (χ1v) is 8.55. The summed E-state index contributed by atoms with van der Waals surface area (Å²) in [7, 11) is 0. The Bertz CT molecular complexity index is 634. The SMILES string of the molecule is CCN(CC)N1CC2=C(c3cccnc31)C(C(C)C)NC(=O)C2. The Balaban J connectivity index is 2.13. The molecule has 0 aliphatic carbocycles. The molecule has 3 heterocycles. The van der Waals surface area contributed by atoms with Crippen LogP contribution in [0.1, 0.15) is 39.7 Å². The van der Waals surface area contributed by atoms with Gasteiger partial charge in [0.1, 0.15) is 0 Å². The molecule has 124 valence electrons. The first-order chi connectivity index (χ1) is 11.1. The standard InChI is InChI=1S/C18H26N4O/c1-5-21(6-2)22-11-13-10-15(23)20-17(12(3)4)16(13)14-8-7-9-19-18(14)22/h7-9,12,17H,5-6,10-11H2,1-4H3,(H,20,23). The van der Waals surface area contributed by atoms with E-state index in [1.807, 2.05) is 12.3 Å². The number of pyridine rings is 1. The predicted molar refractivity (Wildman–Crippen MR) is 92.8 cm³/mol. The van der Waals surface area contributed by atoms with Gasteiger partial charge in [0.15, 0.2) is 5.82 Å². The average Bonchev–Trinajstić information content (AvgIpc) is 2.54. The van der Waals surface area contributed by atoms with Gasteiger partial charge in [0.2, 0.25) is 5.91 Å². The minimum Gasteiger partial charge on any atom is -0.349 e. The molecule has 23 heavy (non-hydrogen) atoms. The molecular weight excluding hydrogens is 288 g/mol. The van der Waals surface area contributed by atoms with E-state index in [0.717, 1.165) is 25.5 Å². The molecule has 1 aromatic rings. The summed E-state index contributed by atoms with van der Waals surface area (Å²) in [6.07, 6.45) is 2.34. The summed E-state index contributed by atoms with van der Waals surface area (Å²) in [5, 5.41) is 7.70. The Labute approximate surface area is 138 Å². The Hall–Kier alpha value is -1.88. The molecule has 1 atom stereocenters. The van der Waals surface area contributed by atoms with Crippen molar-refractivity contribution in [2.45, 2.75) is 40.2 Å². The fourth-order valence-electron chi connectivity index (χ4n) is 3.67. The van der Waals surface area contributed by atoms with Gasteiger partial charge in [0.05, 0.1) is 19.0 Å². The van der Waals surface area contributed by atoms with Gasteiger partial charge in [-0.05, 0) is 29.2 Å². The highest BCUT2D eigenvalue weighted by Crippen LogP contribution is 2.40. The number of hydrogen-bond donors (Lipinski definition) is 1. The molecule has 0 fully saturated rings. The Morgan fingerprint density at radius 1 is 1.39 bits per heavy atom. The van der Waals surface area contributed by atoms with Crippen LogP contribution >= 0.6 is 0 Å². The molecule has 2 aliphatic rings. The van der Waals surface area contributed by atoms with Gasteiger partial charge in [-0.3, -0.25) is 9.80 Å². The van der Waals surface area contributed by atoms with Crippen molar-refractivity contribution >= 4 is 17.3 Å². The van der Waals surface area contributed by atoms with E-state index in [9.17, 15) is 4.79 Å². The third kappa shape index (κ3) is 2.74. The summed E-state index contributed by atoms with van der Waals surface area (Å²) in [6.45, 7) is 11.2. The zero-order chi connectivity index (χ0) is 16.6. The smallest absolute Gasteiger partial charge is 0.224 e. The normalized spacial score (nSPS) is 20.7. The molecule has 0 saturated heterocycles. The van der Waals surface area contributed by atoms with E-state index in [4.69, 9.17) is 0 Å². The average molecular weight is 314 g/mol. The molecule has 5 heteroatoms. The number of hydrogen-bond acceptors (Lipinski definition) is 4. The van der Waals surface area contributed by atoms with Crippen LogP contribution in [0.15, 0.2) is 23.9 Å². The molecule has 1 unspecified atom stereocenters. The lowest BCUT2D eigenvalue weighted by Crippen LogP contribution is -2.51. The first kappa shape index (κ1) is 16.0. The summed E-state index contributed by atoms with van der Waals surface area (Å²) in [5.41, 5.74) is 3.69. The van der Waals surface area contributed by atoms with E-state index in [1.54, 1.807) is 0 Å². The molecule has 1 N–H and O–H groups in total. The van der Waals surface area contributed by atoms with Gasteiger partial charge in [0.25, 0.3) is 0 Å².